The molecule has 2 aromatic rings. The zero-order chi connectivity index (χ0) is 23.2. The summed E-state index contributed by atoms with van der Waals surface area (Å²) < 4.78 is 0. The maximum absolute atomic E-state index is 13.4. The molecule has 0 radical (unpaired) electrons. The molecule has 1 atom stereocenters. The van der Waals surface area contributed by atoms with E-state index in [0.717, 1.165) is 11.1 Å². The fourth-order valence-corrected chi connectivity index (χ4v) is 3.45. The first-order chi connectivity index (χ1) is 14.5. The van der Waals surface area contributed by atoms with Crippen molar-refractivity contribution in [2.24, 2.45) is 0 Å². The molecule has 1 unspecified atom stereocenters. The zero-order valence-corrected chi connectivity index (χ0v) is 18.8. The third-order valence-corrected chi connectivity index (χ3v) is 5.02. The molecule has 0 aliphatic carbocycles. The van der Waals surface area contributed by atoms with Crippen LogP contribution in [0.1, 0.15) is 50.8 Å². The van der Waals surface area contributed by atoms with Crippen molar-refractivity contribution >= 4 is 17.5 Å². The van der Waals surface area contributed by atoms with Crippen LogP contribution in [0, 0.1) is 17.0 Å². The molecule has 2 rings (SSSR count). The molecule has 31 heavy (non-hydrogen) atoms. The van der Waals surface area contributed by atoms with Gasteiger partial charge in [0.2, 0.25) is 11.8 Å². The Morgan fingerprint density at radius 3 is 2.19 bits per heavy atom. The van der Waals surface area contributed by atoms with Gasteiger partial charge in [-0.3, -0.25) is 19.7 Å². The van der Waals surface area contributed by atoms with Crippen molar-refractivity contribution < 1.29 is 14.5 Å². The summed E-state index contributed by atoms with van der Waals surface area (Å²) in [6, 6.07) is 13.2. The number of benzene rings is 2. The van der Waals surface area contributed by atoms with Crippen molar-refractivity contribution in [3.05, 3.63) is 75.3 Å². The largest absolute Gasteiger partial charge is 0.350 e. The predicted molar refractivity (Wildman–Crippen MR) is 121 cm³/mol. The number of carbonyl (C=O) groups is 2. The fourth-order valence-electron chi connectivity index (χ4n) is 3.45. The molecule has 0 heterocycles. The molecule has 7 heteroatoms. The van der Waals surface area contributed by atoms with E-state index in [9.17, 15) is 19.7 Å². The smallest absolute Gasteiger partial charge is 0.273 e. The highest BCUT2D eigenvalue weighted by Crippen LogP contribution is 2.22. The third kappa shape index (κ3) is 6.64. The summed E-state index contributed by atoms with van der Waals surface area (Å²) in [5.41, 5.74) is 1.73. The summed E-state index contributed by atoms with van der Waals surface area (Å²) in [5.74, 6) is -0.562. The lowest BCUT2D eigenvalue weighted by molar-refractivity contribution is -0.385. The van der Waals surface area contributed by atoms with Gasteiger partial charge in [-0.25, -0.2) is 0 Å². The number of nitro groups is 1. The number of rotatable bonds is 8. The van der Waals surface area contributed by atoms with Crippen LogP contribution in [0.25, 0.3) is 0 Å². The van der Waals surface area contributed by atoms with Crippen molar-refractivity contribution in [1.82, 2.24) is 10.2 Å². The highest BCUT2D eigenvalue weighted by molar-refractivity contribution is 5.89. The summed E-state index contributed by atoms with van der Waals surface area (Å²) in [6.45, 7) is 9.73. The highest BCUT2D eigenvalue weighted by Gasteiger charge is 2.31. The van der Waals surface area contributed by atoms with Crippen LogP contribution in [0.5, 0.6) is 0 Å². The molecule has 0 saturated heterocycles. The van der Waals surface area contributed by atoms with Crippen molar-refractivity contribution in [2.45, 2.75) is 65.6 Å². The van der Waals surface area contributed by atoms with Gasteiger partial charge in [0.05, 0.1) is 11.3 Å². The molecule has 0 fully saturated rings. The molecule has 1 N–H and O–H groups in total. The molecule has 0 aliphatic rings. The maximum atomic E-state index is 13.4. The van der Waals surface area contributed by atoms with E-state index in [1.807, 2.05) is 58.9 Å². The molecule has 7 nitrogen and oxygen atoms in total. The molecule has 0 aromatic heterocycles. The molecule has 2 amide bonds. The van der Waals surface area contributed by atoms with E-state index in [2.05, 4.69) is 5.32 Å². The lowest BCUT2D eigenvalue weighted by Crippen LogP contribution is -2.53. The van der Waals surface area contributed by atoms with Crippen LogP contribution in [0.3, 0.4) is 0 Å². The first-order valence-electron chi connectivity index (χ1n) is 10.4. The van der Waals surface area contributed by atoms with Crippen molar-refractivity contribution in [2.75, 3.05) is 0 Å². The Bertz CT molecular complexity index is 950. The van der Waals surface area contributed by atoms with Gasteiger partial charge in [-0.1, -0.05) is 49.4 Å². The van der Waals surface area contributed by atoms with Crippen molar-refractivity contribution in [3.8, 4) is 0 Å². The molecule has 0 spiro atoms. The van der Waals surface area contributed by atoms with Gasteiger partial charge in [0.25, 0.3) is 5.69 Å². The van der Waals surface area contributed by atoms with E-state index in [4.69, 9.17) is 0 Å². The average molecular weight is 426 g/mol. The second kappa shape index (κ2) is 10.2. The lowest BCUT2D eigenvalue weighted by atomic mass is 10.0. The van der Waals surface area contributed by atoms with Crippen LogP contribution < -0.4 is 5.32 Å². The molecular formula is C24H31N3O4. The van der Waals surface area contributed by atoms with Gasteiger partial charge in [0, 0.05) is 23.7 Å². The van der Waals surface area contributed by atoms with Crippen LogP contribution in [-0.4, -0.2) is 33.2 Å². The summed E-state index contributed by atoms with van der Waals surface area (Å²) in [7, 11) is 0. The number of nitrogens with one attached hydrogen (secondary N) is 1. The van der Waals surface area contributed by atoms with E-state index in [1.165, 1.54) is 6.07 Å². The van der Waals surface area contributed by atoms with Gasteiger partial charge in [-0.15, -0.1) is 0 Å². The Balaban J connectivity index is 2.41. The lowest BCUT2D eigenvalue weighted by Gasteiger charge is -2.33. The van der Waals surface area contributed by atoms with E-state index >= 15 is 0 Å². The molecular weight excluding hydrogens is 394 g/mol. The summed E-state index contributed by atoms with van der Waals surface area (Å²) in [6.07, 6.45) is 0.277. The van der Waals surface area contributed by atoms with Crippen LogP contribution in [0.15, 0.2) is 48.5 Å². The second-order valence-electron chi connectivity index (χ2n) is 8.67. The van der Waals surface area contributed by atoms with Gasteiger partial charge < -0.3 is 10.2 Å². The van der Waals surface area contributed by atoms with Crippen LogP contribution in [0.2, 0.25) is 0 Å². The first-order valence-corrected chi connectivity index (χ1v) is 10.4. The Labute approximate surface area is 183 Å². The number of para-hydroxylation sites is 1. The Morgan fingerprint density at radius 1 is 1.06 bits per heavy atom. The molecule has 0 saturated carbocycles. The minimum atomic E-state index is -0.686. The first kappa shape index (κ1) is 24.1. The van der Waals surface area contributed by atoms with Crippen LogP contribution >= 0.6 is 0 Å². The Kier molecular flexibility index (Phi) is 7.91. The Morgan fingerprint density at radius 2 is 1.65 bits per heavy atom. The normalized spacial score (nSPS) is 12.2. The van der Waals surface area contributed by atoms with Gasteiger partial charge >= 0.3 is 0 Å². The van der Waals surface area contributed by atoms with Gasteiger partial charge in [-0.05, 0) is 45.2 Å². The quantitative estimate of drug-likeness (QED) is 0.507. The SMILES string of the molecule is CCC(C(=O)NC(C)(C)C)N(Cc1ccccc1C)C(=O)Cc1ccccc1[N+](=O)[O-]. The van der Waals surface area contributed by atoms with Crippen LogP contribution in [-0.2, 0) is 22.6 Å². The van der Waals surface area contributed by atoms with Gasteiger partial charge in [0.15, 0.2) is 0 Å². The second-order valence-corrected chi connectivity index (χ2v) is 8.67. The van der Waals surface area contributed by atoms with Crippen molar-refractivity contribution in [3.63, 3.8) is 0 Å². The number of hydrogen-bond acceptors (Lipinski definition) is 4. The maximum Gasteiger partial charge on any atom is 0.273 e. The zero-order valence-electron chi connectivity index (χ0n) is 18.8. The number of amides is 2. The monoisotopic (exact) mass is 425 g/mol. The number of nitro benzene ring substituents is 1. The van der Waals surface area contributed by atoms with Crippen LogP contribution in [0.4, 0.5) is 5.69 Å². The van der Waals surface area contributed by atoms with Crippen molar-refractivity contribution in [1.29, 1.82) is 0 Å². The van der Waals surface area contributed by atoms with E-state index in [0.29, 0.717) is 12.0 Å². The highest BCUT2D eigenvalue weighted by atomic mass is 16.6. The van der Waals surface area contributed by atoms with Gasteiger partial charge in [-0.2, -0.15) is 0 Å². The summed E-state index contributed by atoms with van der Waals surface area (Å²) in [4.78, 5) is 38.9. The number of carbonyl (C=O) groups excluding carboxylic acids is 2. The minimum Gasteiger partial charge on any atom is -0.350 e. The molecule has 2 aromatic carbocycles. The predicted octanol–water partition coefficient (Wildman–Crippen LogP) is 4.17. The molecule has 166 valence electrons. The van der Waals surface area contributed by atoms with E-state index < -0.39 is 16.5 Å². The average Bonchev–Trinajstić information content (AvgIpc) is 2.68. The summed E-state index contributed by atoms with van der Waals surface area (Å²) in [5, 5.41) is 14.3. The standard InChI is InChI=1S/C24H31N3O4/c1-6-20(23(29)25-24(3,4)5)26(16-19-13-8-7-11-17(19)2)22(28)15-18-12-9-10-14-21(18)27(30)31/h7-14,20H,6,15-16H2,1-5H3,(H,25,29). The number of hydrogen-bond donors (Lipinski definition) is 1. The van der Waals surface area contributed by atoms with Gasteiger partial charge in [0.1, 0.15) is 6.04 Å². The summed E-state index contributed by atoms with van der Waals surface area (Å²) >= 11 is 0. The van der Waals surface area contributed by atoms with E-state index in [-0.39, 0.29) is 30.5 Å². The third-order valence-electron chi connectivity index (χ3n) is 5.02. The minimum absolute atomic E-state index is 0.0983. The Hall–Kier alpha value is -3.22. The van der Waals surface area contributed by atoms with E-state index in [1.54, 1.807) is 23.1 Å². The number of nitrogens with zero attached hydrogens (tertiary/aromatic N) is 2. The molecule has 0 aliphatic heterocycles. The fraction of sp³-hybridized carbons (Fsp3) is 0.417. The topological polar surface area (TPSA) is 92.6 Å². The molecule has 0 bridgehead atoms. The number of aryl methyl sites for hydroxylation is 1.